The number of nitrogens with two attached hydrogens (primary N) is 4. The lowest BCUT2D eigenvalue weighted by molar-refractivity contribution is -0.139. The average molecular weight is 715 g/mol. The molecular weight excluding hydrogens is 672 g/mol. The van der Waals surface area contributed by atoms with Crippen LogP contribution < -0.4 is 44.2 Å². The Morgan fingerprint density at radius 2 is 1.35 bits per heavy atom. The van der Waals surface area contributed by atoms with Crippen LogP contribution in [-0.4, -0.2) is 87.1 Å². The van der Waals surface area contributed by atoms with Gasteiger partial charge >= 0.3 is 11.8 Å². The van der Waals surface area contributed by atoms with Gasteiger partial charge in [0.1, 0.15) is 24.2 Å². The molecule has 4 rings (SSSR count). The van der Waals surface area contributed by atoms with E-state index in [9.17, 15) is 28.8 Å². The van der Waals surface area contributed by atoms with Crippen LogP contribution in [-0.2, 0) is 48.0 Å². The highest BCUT2D eigenvalue weighted by molar-refractivity contribution is 6.34. The van der Waals surface area contributed by atoms with Crippen LogP contribution in [0.2, 0.25) is 0 Å². The monoisotopic (exact) mass is 714 g/mol. The van der Waals surface area contributed by atoms with E-state index in [1.165, 1.54) is 12.5 Å². The molecule has 2 heterocycles. The highest BCUT2D eigenvalue weighted by atomic mass is 16.2. The molecule has 14 N–H and O–H groups in total. The number of para-hydroxylation sites is 1. The number of carbonyl (C=O) groups excluding carboxylic acids is 6. The van der Waals surface area contributed by atoms with Crippen molar-refractivity contribution in [1.29, 1.82) is 0 Å². The summed E-state index contributed by atoms with van der Waals surface area (Å²) < 4.78 is 0. The van der Waals surface area contributed by atoms with Crippen molar-refractivity contribution in [1.82, 2.24) is 36.2 Å². The van der Waals surface area contributed by atoms with E-state index in [1.54, 1.807) is 36.5 Å². The Morgan fingerprint density at radius 3 is 2.00 bits per heavy atom. The predicted molar refractivity (Wildman–Crippen MR) is 190 cm³/mol. The number of fused-ring (bicyclic) bond motifs is 1. The van der Waals surface area contributed by atoms with Crippen molar-refractivity contribution in [3.63, 3.8) is 0 Å². The van der Waals surface area contributed by atoms with Crippen LogP contribution in [0, 0.1) is 0 Å². The first-order valence-electron chi connectivity index (χ1n) is 16.3. The fraction of sp³-hybridized carbons (Fsp3) is 0.294. The largest absolute Gasteiger partial charge is 0.370 e. The third-order valence-electron chi connectivity index (χ3n) is 8.08. The van der Waals surface area contributed by atoms with Crippen molar-refractivity contribution in [2.24, 2.45) is 27.9 Å². The van der Waals surface area contributed by atoms with Gasteiger partial charge in [0.15, 0.2) is 5.96 Å². The maximum atomic E-state index is 14.0. The first-order chi connectivity index (χ1) is 24.9. The number of guanidine groups is 1. The molecule has 0 fully saturated rings. The molecule has 18 nitrogen and oxygen atoms in total. The van der Waals surface area contributed by atoms with E-state index in [2.05, 4.69) is 41.2 Å². The van der Waals surface area contributed by atoms with E-state index in [0.29, 0.717) is 11.3 Å². The van der Waals surface area contributed by atoms with Gasteiger partial charge in [0.25, 0.3) is 0 Å². The number of H-pyrrole nitrogens is 2. The van der Waals surface area contributed by atoms with Crippen LogP contribution in [0.5, 0.6) is 0 Å². The fourth-order valence-electron chi connectivity index (χ4n) is 5.45. The van der Waals surface area contributed by atoms with Crippen LogP contribution in [0.3, 0.4) is 0 Å². The van der Waals surface area contributed by atoms with Crippen molar-refractivity contribution in [2.45, 2.75) is 56.3 Å². The third kappa shape index (κ3) is 11.2. The number of carbonyl (C=O) groups is 6. The van der Waals surface area contributed by atoms with Crippen molar-refractivity contribution < 1.29 is 28.8 Å². The summed E-state index contributed by atoms with van der Waals surface area (Å²) in [6.07, 6.45) is 4.74. The molecule has 274 valence electrons. The number of benzene rings is 2. The minimum Gasteiger partial charge on any atom is -0.370 e. The topological polar surface area (TPSA) is 311 Å². The summed E-state index contributed by atoms with van der Waals surface area (Å²) in [5, 5.41) is 11.1. The van der Waals surface area contributed by atoms with Gasteiger partial charge in [-0.15, -0.1) is 0 Å². The molecule has 6 amide bonds. The number of nitrogens with zero attached hydrogens (tertiary/aromatic N) is 2. The molecule has 0 aliphatic rings. The van der Waals surface area contributed by atoms with Gasteiger partial charge in [0.2, 0.25) is 23.6 Å². The van der Waals surface area contributed by atoms with Gasteiger partial charge in [-0.05, 0) is 30.0 Å². The van der Waals surface area contributed by atoms with E-state index in [0.717, 1.165) is 16.5 Å². The van der Waals surface area contributed by atoms with Crippen molar-refractivity contribution in [2.75, 3.05) is 6.54 Å². The molecule has 4 atom stereocenters. The zero-order valence-electron chi connectivity index (χ0n) is 28.1. The van der Waals surface area contributed by atoms with Gasteiger partial charge in [-0.25, -0.2) is 4.98 Å². The second kappa shape index (κ2) is 18.3. The van der Waals surface area contributed by atoms with Gasteiger partial charge in [0, 0.05) is 54.8 Å². The predicted octanol–water partition coefficient (Wildman–Crippen LogP) is -2.12. The molecule has 0 unspecified atom stereocenters. The number of rotatable bonds is 18. The summed E-state index contributed by atoms with van der Waals surface area (Å²) in [5.74, 6) is -5.75. The molecule has 0 saturated heterocycles. The Balaban J connectivity index is 1.57. The van der Waals surface area contributed by atoms with Crippen LogP contribution in [0.4, 0.5) is 0 Å². The molecule has 18 heteroatoms. The normalized spacial score (nSPS) is 13.2. The number of aromatic amines is 2. The van der Waals surface area contributed by atoms with Crippen LogP contribution in [0.25, 0.3) is 10.9 Å². The Kier molecular flexibility index (Phi) is 13.4. The molecule has 0 bridgehead atoms. The van der Waals surface area contributed by atoms with Crippen molar-refractivity contribution in [3.05, 3.63) is 90.1 Å². The lowest BCUT2D eigenvalue weighted by Crippen LogP contribution is -2.59. The quantitative estimate of drug-likeness (QED) is 0.0233. The van der Waals surface area contributed by atoms with Gasteiger partial charge < -0.3 is 54.2 Å². The standard InChI is InChI=1S/C34H42N12O6/c35-28(47)25(14-20-16-41-23-10-5-4-9-22(20)23)44-30(49)24(11-6-12-40-34(37)38)43-31(50)26(13-19-7-2-1-3-8-19)45-32(51)27(46-33(52)29(36)48)15-21-17-39-18-42-21/h1-5,7-10,16-18,24-27,41H,6,11-15H2,(H2,35,47)(H2,36,48)(H,39,42)(H,43,50)(H,44,49)(H,45,51)(H,46,52)(H4,37,38,40)/t24-,25-,26-,27-/m0/s1. The number of nitrogens with one attached hydrogen (secondary N) is 6. The first kappa shape index (κ1) is 38.1. The number of aromatic nitrogens is 3. The number of hydrogen-bond acceptors (Lipinski definition) is 8. The molecule has 0 radical (unpaired) electrons. The molecule has 0 spiro atoms. The minimum atomic E-state index is -1.34. The van der Waals surface area contributed by atoms with E-state index >= 15 is 0 Å². The molecule has 4 aromatic rings. The summed E-state index contributed by atoms with van der Waals surface area (Å²) in [7, 11) is 0. The number of primary amides is 2. The zero-order valence-corrected chi connectivity index (χ0v) is 28.1. The number of imidazole rings is 1. The summed E-state index contributed by atoms with van der Waals surface area (Å²) in [5.41, 5.74) is 24.4. The Bertz CT molecular complexity index is 1890. The number of hydrogen-bond donors (Lipinski definition) is 10. The van der Waals surface area contributed by atoms with Gasteiger partial charge in [-0.2, -0.15) is 0 Å². The Hall–Kier alpha value is -6.72. The van der Waals surface area contributed by atoms with E-state index in [1.807, 2.05) is 24.3 Å². The lowest BCUT2D eigenvalue weighted by atomic mass is 10.0. The van der Waals surface area contributed by atoms with Crippen LogP contribution in [0.1, 0.15) is 29.7 Å². The van der Waals surface area contributed by atoms with Gasteiger partial charge in [-0.3, -0.25) is 33.8 Å². The SMILES string of the molecule is NC(=O)C(=O)N[C@@H](Cc1cnc[nH]1)C(=O)N[C@@H](Cc1ccccc1)C(=O)N[C@@H](CCCN=C(N)N)C(=O)N[C@@H](Cc1c[nH]c2ccccc12)C(N)=O. The van der Waals surface area contributed by atoms with E-state index in [4.69, 9.17) is 22.9 Å². The number of amides is 6. The molecule has 52 heavy (non-hydrogen) atoms. The van der Waals surface area contributed by atoms with Crippen molar-refractivity contribution in [3.8, 4) is 0 Å². The van der Waals surface area contributed by atoms with Crippen LogP contribution in [0.15, 0.2) is 78.3 Å². The summed E-state index contributed by atoms with van der Waals surface area (Å²) in [6.45, 7) is 0.135. The molecule has 2 aromatic heterocycles. The van der Waals surface area contributed by atoms with E-state index in [-0.39, 0.29) is 44.6 Å². The summed E-state index contributed by atoms with van der Waals surface area (Å²) >= 11 is 0. The van der Waals surface area contributed by atoms with Gasteiger partial charge in [0.05, 0.1) is 6.33 Å². The zero-order chi connectivity index (χ0) is 37.6. The maximum absolute atomic E-state index is 14.0. The third-order valence-corrected chi connectivity index (χ3v) is 8.08. The second-order valence-corrected chi connectivity index (χ2v) is 12.0. The molecule has 0 aliphatic heterocycles. The fourth-order valence-corrected chi connectivity index (χ4v) is 5.45. The lowest BCUT2D eigenvalue weighted by Gasteiger charge is -2.26. The minimum absolute atomic E-state index is 0.0221. The van der Waals surface area contributed by atoms with Gasteiger partial charge in [-0.1, -0.05) is 48.5 Å². The summed E-state index contributed by atoms with van der Waals surface area (Å²) in [6, 6.07) is 11.2. The Morgan fingerprint density at radius 1 is 0.712 bits per heavy atom. The van der Waals surface area contributed by atoms with E-state index < -0.39 is 59.6 Å². The van der Waals surface area contributed by atoms with Crippen molar-refractivity contribution >= 4 is 52.3 Å². The average Bonchev–Trinajstić information content (AvgIpc) is 3.79. The smallest absolute Gasteiger partial charge is 0.309 e. The maximum Gasteiger partial charge on any atom is 0.309 e. The molecule has 0 saturated carbocycles. The molecule has 0 aliphatic carbocycles. The summed E-state index contributed by atoms with van der Waals surface area (Å²) in [4.78, 5) is 91.5. The Labute approximate surface area is 297 Å². The van der Waals surface area contributed by atoms with Crippen LogP contribution >= 0.6 is 0 Å². The molecular formula is C34H42N12O6. The highest BCUT2D eigenvalue weighted by Crippen LogP contribution is 2.19. The number of aliphatic imine (C=N–C) groups is 1. The molecule has 2 aromatic carbocycles. The first-order valence-corrected chi connectivity index (χ1v) is 16.3. The second-order valence-electron chi connectivity index (χ2n) is 12.0. The highest BCUT2D eigenvalue weighted by Gasteiger charge is 2.32.